The zero-order valence-electron chi connectivity index (χ0n) is 14.0. The summed E-state index contributed by atoms with van der Waals surface area (Å²) in [5.41, 5.74) is 7.67. The molecule has 0 radical (unpaired) electrons. The van der Waals surface area contributed by atoms with Gasteiger partial charge in [0.2, 0.25) is 5.91 Å². The first kappa shape index (κ1) is 18.2. The number of nitrogens with one attached hydrogen (secondary N) is 1. The van der Waals surface area contributed by atoms with Crippen LogP contribution >= 0.6 is 0 Å². The molecule has 0 spiro atoms. The number of rotatable bonds is 5. The fourth-order valence-corrected chi connectivity index (χ4v) is 2.02. The monoisotopic (exact) mass is 306 g/mol. The Hall–Kier alpha value is -1.88. The van der Waals surface area contributed by atoms with Gasteiger partial charge in [0.25, 0.3) is 0 Å². The number of hydrogen-bond acceptors (Lipinski definition) is 4. The van der Waals surface area contributed by atoms with Crippen molar-refractivity contribution in [2.75, 3.05) is 7.11 Å². The number of benzene rings is 1. The molecule has 0 aliphatic rings. The van der Waals surface area contributed by atoms with E-state index >= 15 is 0 Å². The molecule has 3 N–H and O–H groups in total. The molecule has 0 aliphatic carbocycles. The molecule has 22 heavy (non-hydrogen) atoms. The zero-order valence-corrected chi connectivity index (χ0v) is 14.0. The van der Waals surface area contributed by atoms with E-state index in [1.165, 1.54) is 12.7 Å². The number of ether oxygens (including phenoxy) is 1. The van der Waals surface area contributed by atoms with Gasteiger partial charge in [-0.2, -0.15) is 0 Å². The first-order valence-electron chi connectivity index (χ1n) is 7.38. The number of amides is 1. The lowest BCUT2D eigenvalue weighted by molar-refractivity contribution is -0.141. The van der Waals surface area contributed by atoms with Gasteiger partial charge >= 0.3 is 5.97 Å². The number of nitrogens with two attached hydrogens (primary N) is 1. The summed E-state index contributed by atoms with van der Waals surface area (Å²) in [6.07, 6.45) is 0.0732. The molecular formula is C17H26N2O3. The third-order valence-corrected chi connectivity index (χ3v) is 3.51. The van der Waals surface area contributed by atoms with E-state index in [1.807, 2.05) is 24.3 Å². The maximum Gasteiger partial charge on any atom is 0.307 e. The van der Waals surface area contributed by atoms with Gasteiger partial charge in [-0.15, -0.1) is 0 Å². The van der Waals surface area contributed by atoms with E-state index in [0.717, 1.165) is 5.56 Å². The van der Waals surface area contributed by atoms with Crippen LogP contribution in [-0.4, -0.2) is 25.0 Å². The fourth-order valence-electron chi connectivity index (χ4n) is 2.02. The molecule has 0 heterocycles. The molecule has 1 unspecified atom stereocenters. The molecule has 0 bridgehead atoms. The largest absolute Gasteiger partial charge is 0.469 e. The SMILES string of the molecule is COC(=O)CC(NC(=O)[C@H](C)N)c1ccc(C(C)(C)C)cc1. The normalized spacial score (nSPS) is 14.1. The second-order valence-electron chi connectivity index (χ2n) is 6.50. The molecule has 0 fully saturated rings. The highest BCUT2D eigenvalue weighted by atomic mass is 16.5. The summed E-state index contributed by atoms with van der Waals surface area (Å²) in [4.78, 5) is 23.4. The molecular weight excluding hydrogens is 280 g/mol. The number of carbonyl (C=O) groups is 2. The van der Waals surface area contributed by atoms with Crippen molar-refractivity contribution in [2.45, 2.75) is 51.6 Å². The van der Waals surface area contributed by atoms with E-state index < -0.39 is 12.1 Å². The maximum atomic E-state index is 11.8. The molecule has 2 atom stereocenters. The quantitative estimate of drug-likeness (QED) is 0.816. The minimum Gasteiger partial charge on any atom is -0.469 e. The molecule has 1 aromatic carbocycles. The first-order chi connectivity index (χ1) is 10.1. The van der Waals surface area contributed by atoms with Crippen LogP contribution in [0.5, 0.6) is 0 Å². The number of esters is 1. The Morgan fingerprint density at radius 2 is 1.77 bits per heavy atom. The average Bonchev–Trinajstić information content (AvgIpc) is 2.45. The van der Waals surface area contributed by atoms with Gasteiger partial charge < -0.3 is 15.8 Å². The van der Waals surface area contributed by atoms with Gasteiger partial charge in [0.15, 0.2) is 0 Å². The first-order valence-corrected chi connectivity index (χ1v) is 7.38. The van der Waals surface area contributed by atoms with Crippen molar-refractivity contribution in [1.82, 2.24) is 5.32 Å². The van der Waals surface area contributed by atoms with Crippen LogP contribution in [0.1, 0.15) is 51.3 Å². The third-order valence-electron chi connectivity index (χ3n) is 3.51. The summed E-state index contributed by atoms with van der Waals surface area (Å²) in [7, 11) is 1.33. The molecule has 5 heteroatoms. The molecule has 1 amide bonds. The molecule has 0 saturated heterocycles. The van der Waals surface area contributed by atoms with Gasteiger partial charge in [-0.3, -0.25) is 9.59 Å². The van der Waals surface area contributed by atoms with Crippen molar-refractivity contribution in [1.29, 1.82) is 0 Å². The van der Waals surface area contributed by atoms with Crippen molar-refractivity contribution in [2.24, 2.45) is 5.73 Å². The summed E-state index contributed by atoms with van der Waals surface area (Å²) in [5, 5.41) is 2.79. The van der Waals surface area contributed by atoms with Crippen LogP contribution < -0.4 is 11.1 Å². The van der Waals surface area contributed by atoms with Crippen LogP contribution in [0.4, 0.5) is 0 Å². The Kier molecular flexibility index (Phi) is 6.11. The second-order valence-corrected chi connectivity index (χ2v) is 6.50. The van der Waals surface area contributed by atoms with Crippen molar-refractivity contribution in [3.8, 4) is 0 Å². The molecule has 0 aromatic heterocycles. The third kappa shape index (κ3) is 5.15. The minimum absolute atomic E-state index is 0.0470. The average molecular weight is 306 g/mol. The lowest BCUT2D eigenvalue weighted by atomic mass is 9.86. The Balaban J connectivity index is 2.99. The van der Waals surface area contributed by atoms with Crippen LogP contribution in [0.2, 0.25) is 0 Å². The van der Waals surface area contributed by atoms with Gasteiger partial charge in [-0.1, -0.05) is 45.0 Å². The van der Waals surface area contributed by atoms with E-state index in [1.54, 1.807) is 6.92 Å². The molecule has 1 rings (SSSR count). The van der Waals surface area contributed by atoms with E-state index in [2.05, 4.69) is 26.1 Å². The summed E-state index contributed by atoms with van der Waals surface area (Å²) >= 11 is 0. The van der Waals surface area contributed by atoms with Crippen molar-refractivity contribution in [3.63, 3.8) is 0 Å². The highest BCUT2D eigenvalue weighted by Crippen LogP contribution is 2.25. The second kappa shape index (κ2) is 7.40. The topological polar surface area (TPSA) is 81.4 Å². The molecule has 122 valence electrons. The van der Waals surface area contributed by atoms with E-state index in [4.69, 9.17) is 10.5 Å². The summed E-state index contributed by atoms with van der Waals surface area (Å²) in [5.74, 6) is -0.677. The maximum absolute atomic E-state index is 11.8. The lowest BCUT2D eigenvalue weighted by Crippen LogP contribution is -2.41. The number of methoxy groups -OCH3 is 1. The Bertz CT molecular complexity index is 516. The van der Waals surface area contributed by atoms with Gasteiger partial charge in [0.05, 0.1) is 25.6 Å². The Morgan fingerprint density at radius 3 is 2.18 bits per heavy atom. The smallest absolute Gasteiger partial charge is 0.307 e. The Morgan fingerprint density at radius 1 is 1.23 bits per heavy atom. The molecule has 1 aromatic rings. The highest BCUT2D eigenvalue weighted by Gasteiger charge is 2.21. The van der Waals surface area contributed by atoms with Crippen LogP contribution in [0.15, 0.2) is 24.3 Å². The van der Waals surface area contributed by atoms with Crippen LogP contribution in [0.3, 0.4) is 0 Å². The van der Waals surface area contributed by atoms with Crippen LogP contribution in [-0.2, 0) is 19.7 Å². The van der Waals surface area contributed by atoms with Crippen molar-refractivity contribution < 1.29 is 14.3 Å². The van der Waals surface area contributed by atoms with E-state index in [9.17, 15) is 9.59 Å². The highest BCUT2D eigenvalue weighted by molar-refractivity contribution is 5.82. The zero-order chi connectivity index (χ0) is 16.9. The summed E-state index contributed by atoms with van der Waals surface area (Å²) < 4.78 is 4.70. The predicted octanol–water partition coefficient (Wildman–Crippen LogP) is 2.05. The van der Waals surface area contributed by atoms with Crippen LogP contribution in [0.25, 0.3) is 0 Å². The lowest BCUT2D eigenvalue weighted by Gasteiger charge is -2.22. The number of hydrogen-bond donors (Lipinski definition) is 2. The van der Waals surface area contributed by atoms with E-state index in [-0.39, 0.29) is 23.7 Å². The minimum atomic E-state index is -0.631. The predicted molar refractivity (Wildman–Crippen MR) is 86.3 cm³/mol. The molecule has 0 aliphatic heterocycles. The Labute approximate surface area is 132 Å². The van der Waals surface area contributed by atoms with Gasteiger partial charge in [0.1, 0.15) is 0 Å². The van der Waals surface area contributed by atoms with Crippen LogP contribution in [0, 0.1) is 0 Å². The molecule has 0 saturated carbocycles. The van der Waals surface area contributed by atoms with Crippen molar-refractivity contribution in [3.05, 3.63) is 35.4 Å². The standard InChI is InChI=1S/C17H26N2O3/c1-11(18)16(21)19-14(10-15(20)22-5)12-6-8-13(9-7-12)17(2,3)4/h6-9,11,14H,10,18H2,1-5H3,(H,19,21)/t11-,14?/m0/s1. The van der Waals surface area contributed by atoms with Gasteiger partial charge in [-0.05, 0) is 23.5 Å². The van der Waals surface area contributed by atoms with Crippen molar-refractivity contribution >= 4 is 11.9 Å². The number of carbonyl (C=O) groups excluding carboxylic acids is 2. The van der Waals surface area contributed by atoms with Gasteiger partial charge in [-0.25, -0.2) is 0 Å². The summed E-state index contributed by atoms with van der Waals surface area (Å²) in [6, 6.07) is 6.80. The van der Waals surface area contributed by atoms with Gasteiger partial charge in [0, 0.05) is 0 Å². The molecule has 5 nitrogen and oxygen atoms in total. The summed E-state index contributed by atoms with van der Waals surface area (Å²) in [6.45, 7) is 8.00. The fraction of sp³-hybridized carbons (Fsp3) is 0.529. The van der Waals surface area contributed by atoms with E-state index in [0.29, 0.717) is 0 Å².